The monoisotopic (exact) mass is 275 g/mol. The van der Waals surface area contributed by atoms with E-state index >= 15 is 0 Å². The van der Waals surface area contributed by atoms with Gasteiger partial charge in [-0.2, -0.15) is 0 Å². The molecule has 0 saturated heterocycles. The van der Waals surface area contributed by atoms with Crippen LogP contribution < -0.4 is 10.1 Å². The topological polar surface area (TPSA) is 21.3 Å². The number of hydrogen-bond donors (Lipinski definition) is 1. The Labute approximate surface area is 123 Å². The maximum absolute atomic E-state index is 5.87. The highest BCUT2D eigenvalue weighted by Gasteiger charge is 2.18. The second-order valence-electron chi connectivity index (χ2n) is 6.37. The standard InChI is InChI=1S/C18H29NO/c1-4-10-20-18-12-15(3)8-9-17(18)19-13-16-7-5-6-14(2)11-16/h8-9,12,14,16,19H,4-7,10-11,13H2,1-3H3. The van der Waals surface area contributed by atoms with Gasteiger partial charge in [0.1, 0.15) is 5.75 Å². The molecule has 1 saturated carbocycles. The third kappa shape index (κ3) is 4.43. The van der Waals surface area contributed by atoms with Gasteiger partial charge < -0.3 is 10.1 Å². The lowest BCUT2D eigenvalue weighted by atomic mass is 9.82. The van der Waals surface area contributed by atoms with Crippen molar-refractivity contribution in [1.82, 2.24) is 0 Å². The summed E-state index contributed by atoms with van der Waals surface area (Å²) in [4.78, 5) is 0. The van der Waals surface area contributed by atoms with Gasteiger partial charge in [-0.15, -0.1) is 0 Å². The van der Waals surface area contributed by atoms with Crippen LogP contribution in [0, 0.1) is 18.8 Å². The van der Waals surface area contributed by atoms with Crippen LogP contribution in [0.15, 0.2) is 18.2 Å². The zero-order valence-electron chi connectivity index (χ0n) is 13.2. The van der Waals surface area contributed by atoms with Gasteiger partial charge in [0.15, 0.2) is 0 Å². The van der Waals surface area contributed by atoms with Crippen LogP contribution in [0.4, 0.5) is 5.69 Å². The zero-order valence-corrected chi connectivity index (χ0v) is 13.2. The molecule has 0 heterocycles. The molecule has 2 unspecified atom stereocenters. The molecule has 1 aromatic rings. The van der Waals surface area contributed by atoms with Crippen molar-refractivity contribution < 1.29 is 4.74 Å². The maximum atomic E-state index is 5.87. The summed E-state index contributed by atoms with van der Waals surface area (Å²) >= 11 is 0. The molecule has 0 spiro atoms. The van der Waals surface area contributed by atoms with Gasteiger partial charge in [0.25, 0.3) is 0 Å². The Morgan fingerprint density at radius 3 is 2.90 bits per heavy atom. The molecule has 0 radical (unpaired) electrons. The van der Waals surface area contributed by atoms with Crippen LogP contribution in [-0.2, 0) is 0 Å². The molecule has 2 heteroatoms. The summed E-state index contributed by atoms with van der Waals surface area (Å²) in [5.74, 6) is 2.72. The van der Waals surface area contributed by atoms with Crippen LogP contribution in [0.2, 0.25) is 0 Å². The van der Waals surface area contributed by atoms with Crippen molar-refractivity contribution in [3.8, 4) is 5.75 Å². The highest BCUT2D eigenvalue weighted by Crippen LogP contribution is 2.31. The Bertz CT molecular complexity index is 416. The fraction of sp³-hybridized carbons (Fsp3) is 0.667. The third-order valence-electron chi connectivity index (χ3n) is 4.22. The summed E-state index contributed by atoms with van der Waals surface area (Å²) < 4.78 is 5.87. The molecule has 0 aliphatic heterocycles. The molecule has 0 amide bonds. The number of rotatable bonds is 6. The van der Waals surface area contributed by atoms with Gasteiger partial charge in [-0.1, -0.05) is 32.8 Å². The van der Waals surface area contributed by atoms with Crippen molar-refractivity contribution >= 4 is 5.69 Å². The molecule has 1 aliphatic rings. The third-order valence-corrected chi connectivity index (χ3v) is 4.22. The summed E-state index contributed by atoms with van der Waals surface area (Å²) in [5.41, 5.74) is 2.41. The molecule has 2 atom stereocenters. The Hall–Kier alpha value is -1.18. The number of benzene rings is 1. The molecule has 1 aromatic carbocycles. The Morgan fingerprint density at radius 2 is 2.15 bits per heavy atom. The highest BCUT2D eigenvalue weighted by molar-refractivity contribution is 5.57. The van der Waals surface area contributed by atoms with Crippen LogP contribution in [-0.4, -0.2) is 13.2 Å². The number of aryl methyl sites for hydroxylation is 1. The van der Waals surface area contributed by atoms with Gasteiger partial charge >= 0.3 is 0 Å². The molecular weight excluding hydrogens is 246 g/mol. The molecule has 2 nitrogen and oxygen atoms in total. The number of ether oxygens (including phenoxy) is 1. The molecule has 20 heavy (non-hydrogen) atoms. The number of nitrogens with one attached hydrogen (secondary N) is 1. The largest absolute Gasteiger partial charge is 0.491 e. The molecule has 112 valence electrons. The Morgan fingerprint density at radius 1 is 1.30 bits per heavy atom. The number of anilines is 1. The Balaban J connectivity index is 1.93. The average Bonchev–Trinajstić information content (AvgIpc) is 2.44. The molecule has 0 bridgehead atoms. The molecular formula is C18H29NO. The summed E-state index contributed by atoms with van der Waals surface area (Å²) in [6.07, 6.45) is 6.58. The predicted molar refractivity (Wildman–Crippen MR) is 86.6 cm³/mol. The van der Waals surface area contributed by atoms with Crippen LogP contribution >= 0.6 is 0 Å². The predicted octanol–water partition coefficient (Wildman–Crippen LogP) is 5.02. The molecule has 1 fully saturated rings. The summed E-state index contributed by atoms with van der Waals surface area (Å²) in [7, 11) is 0. The van der Waals surface area contributed by atoms with Crippen molar-refractivity contribution in [3.05, 3.63) is 23.8 Å². The van der Waals surface area contributed by atoms with Crippen LogP contribution in [0.5, 0.6) is 5.75 Å². The van der Waals surface area contributed by atoms with Gasteiger partial charge in [0.05, 0.1) is 12.3 Å². The van der Waals surface area contributed by atoms with Gasteiger partial charge in [0.2, 0.25) is 0 Å². The van der Waals surface area contributed by atoms with E-state index in [0.717, 1.165) is 42.8 Å². The van der Waals surface area contributed by atoms with E-state index < -0.39 is 0 Å². The lowest BCUT2D eigenvalue weighted by Gasteiger charge is -2.27. The fourth-order valence-electron chi connectivity index (χ4n) is 3.11. The fourth-order valence-corrected chi connectivity index (χ4v) is 3.11. The van der Waals surface area contributed by atoms with Crippen molar-refractivity contribution in [1.29, 1.82) is 0 Å². The molecule has 1 N–H and O–H groups in total. The van der Waals surface area contributed by atoms with Gasteiger partial charge in [-0.05, 0) is 55.7 Å². The lowest BCUT2D eigenvalue weighted by Crippen LogP contribution is -2.21. The second kappa shape index (κ2) is 7.56. The van der Waals surface area contributed by atoms with Crippen molar-refractivity contribution in [2.24, 2.45) is 11.8 Å². The lowest BCUT2D eigenvalue weighted by molar-refractivity contribution is 0.292. The minimum atomic E-state index is 0.790. The van der Waals surface area contributed by atoms with E-state index in [0.29, 0.717) is 0 Å². The van der Waals surface area contributed by atoms with E-state index in [4.69, 9.17) is 4.74 Å². The van der Waals surface area contributed by atoms with Gasteiger partial charge in [-0.3, -0.25) is 0 Å². The van der Waals surface area contributed by atoms with Crippen LogP contribution in [0.1, 0.15) is 51.5 Å². The van der Waals surface area contributed by atoms with E-state index in [1.54, 1.807) is 0 Å². The smallest absolute Gasteiger partial charge is 0.142 e. The van der Waals surface area contributed by atoms with Crippen LogP contribution in [0.3, 0.4) is 0 Å². The maximum Gasteiger partial charge on any atom is 0.142 e. The first-order valence-corrected chi connectivity index (χ1v) is 8.16. The molecule has 0 aromatic heterocycles. The minimum absolute atomic E-state index is 0.790. The molecule has 1 aliphatic carbocycles. The van der Waals surface area contributed by atoms with E-state index in [1.165, 1.54) is 31.2 Å². The second-order valence-corrected chi connectivity index (χ2v) is 6.37. The summed E-state index contributed by atoms with van der Waals surface area (Å²) in [6, 6.07) is 6.46. The first-order chi connectivity index (χ1) is 9.69. The van der Waals surface area contributed by atoms with Gasteiger partial charge in [0, 0.05) is 6.54 Å². The zero-order chi connectivity index (χ0) is 14.4. The SMILES string of the molecule is CCCOc1cc(C)ccc1NCC1CCCC(C)C1. The summed E-state index contributed by atoms with van der Waals surface area (Å²) in [5, 5.41) is 3.61. The quantitative estimate of drug-likeness (QED) is 0.787. The first-order valence-electron chi connectivity index (χ1n) is 8.16. The minimum Gasteiger partial charge on any atom is -0.491 e. The van der Waals surface area contributed by atoms with Crippen LogP contribution in [0.25, 0.3) is 0 Å². The van der Waals surface area contributed by atoms with E-state index in [-0.39, 0.29) is 0 Å². The van der Waals surface area contributed by atoms with Crippen molar-refractivity contribution in [3.63, 3.8) is 0 Å². The van der Waals surface area contributed by atoms with Crippen molar-refractivity contribution in [2.75, 3.05) is 18.5 Å². The van der Waals surface area contributed by atoms with E-state index in [1.807, 2.05) is 0 Å². The van der Waals surface area contributed by atoms with E-state index in [2.05, 4.69) is 44.3 Å². The highest BCUT2D eigenvalue weighted by atomic mass is 16.5. The van der Waals surface area contributed by atoms with Gasteiger partial charge in [-0.25, -0.2) is 0 Å². The normalized spacial score (nSPS) is 22.6. The molecule has 2 rings (SSSR count). The van der Waals surface area contributed by atoms with E-state index in [9.17, 15) is 0 Å². The number of hydrogen-bond acceptors (Lipinski definition) is 2. The van der Waals surface area contributed by atoms with Crippen molar-refractivity contribution in [2.45, 2.75) is 52.9 Å². The first kappa shape index (κ1) is 15.2. The average molecular weight is 275 g/mol. The Kier molecular flexibility index (Phi) is 5.75. The summed E-state index contributed by atoms with van der Waals surface area (Å²) in [6.45, 7) is 8.51.